The van der Waals surface area contributed by atoms with E-state index >= 15 is 0 Å². The molecule has 1 aliphatic heterocycles. The predicted molar refractivity (Wildman–Crippen MR) is 104 cm³/mol. The minimum atomic E-state index is -1.31. The lowest BCUT2D eigenvalue weighted by atomic mass is 10.1. The summed E-state index contributed by atoms with van der Waals surface area (Å²) in [5.41, 5.74) is -0.0927. The molecule has 1 aliphatic rings. The van der Waals surface area contributed by atoms with E-state index in [1.54, 1.807) is 24.3 Å². The molecule has 0 spiro atoms. The van der Waals surface area contributed by atoms with Gasteiger partial charge in [-0.15, -0.1) is 0 Å². The lowest BCUT2D eigenvalue weighted by Gasteiger charge is -2.20. The maximum atomic E-state index is 13.7. The van der Waals surface area contributed by atoms with E-state index in [-0.39, 0.29) is 18.9 Å². The fourth-order valence-corrected chi connectivity index (χ4v) is 3.12. The van der Waals surface area contributed by atoms with Gasteiger partial charge in [0.2, 0.25) is 5.91 Å². The third-order valence-electron chi connectivity index (χ3n) is 4.71. The Hall–Kier alpha value is -3.49. The average molecular weight is 418 g/mol. The second kappa shape index (κ2) is 8.89. The largest absolute Gasteiger partial charge is 0.495 e. The highest BCUT2D eigenvalue weighted by molar-refractivity contribution is 6.01. The van der Waals surface area contributed by atoms with Crippen LogP contribution in [0.4, 0.5) is 20.2 Å². The van der Waals surface area contributed by atoms with Crippen molar-refractivity contribution in [3.05, 3.63) is 54.1 Å². The molecule has 1 heterocycles. The first-order chi connectivity index (χ1) is 14.3. The zero-order valence-electron chi connectivity index (χ0n) is 16.4. The summed E-state index contributed by atoms with van der Waals surface area (Å²) < 4.78 is 37.7. The third kappa shape index (κ3) is 4.40. The van der Waals surface area contributed by atoms with Gasteiger partial charge in [-0.25, -0.2) is 8.78 Å². The lowest BCUT2D eigenvalue weighted by Crippen LogP contribution is -2.33. The maximum Gasteiger partial charge on any atom is 0.312 e. The van der Waals surface area contributed by atoms with Gasteiger partial charge in [0.05, 0.1) is 18.7 Å². The number of amides is 2. The van der Waals surface area contributed by atoms with Crippen LogP contribution in [0.2, 0.25) is 0 Å². The molecule has 2 aromatic carbocycles. The Morgan fingerprint density at radius 2 is 1.80 bits per heavy atom. The molecule has 3 rings (SSSR count). The van der Waals surface area contributed by atoms with E-state index in [4.69, 9.17) is 9.47 Å². The molecule has 1 N–H and O–H groups in total. The van der Waals surface area contributed by atoms with Crippen LogP contribution < -0.4 is 15.0 Å². The van der Waals surface area contributed by atoms with Crippen LogP contribution >= 0.6 is 0 Å². The summed E-state index contributed by atoms with van der Waals surface area (Å²) >= 11 is 0. The number of carbonyl (C=O) groups is 3. The number of esters is 1. The SMILES string of the molecule is COc1ccccc1N1C[C@H](C(=O)O[C@@H](C)C(=O)Nc2c(F)cccc2F)CC1=O. The molecule has 2 atom stereocenters. The maximum absolute atomic E-state index is 13.7. The number of carbonyl (C=O) groups excluding carboxylic acids is 3. The van der Waals surface area contributed by atoms with Crippen LogP contribution in [-0.4, -0.2) is 37.5 Å². The molecule has 1 fully saturated rings. The van der Waals surface area contributed by atoms with Gasteiger partial charge < -0.3 is 19.7 Å². The molecule has 0 unspecified atom stereocenters. The summed E-state index contributed by atoms with van der Waals surface area (Å²) in [6.07, 6.45) is -1.40. The molecular formula is C21H20F2N2O5. The predicted octanol–water partition coefficient (Wildman–Crippen LogP) is 2.90. The van der Waals surface area contributed by atoms with Crippen molar-refractivity contribution in [3.8, 4) is 5.75 Å². The summed E-state index contributed by atoms with van der Waals surface area (Å²) in [6.45, 7) is 1.34. The van der Waals surface area contributed by atoms with Gasteiger partial charge in [0, 0.05) is 13.0 Å². The monoisotopic (exact) mass is 418 g/mol. The van der Waals surface area contributed by atoms with E-state index < -0.39 is 41.2 Å². The molecule has 0 bridgehead atoms. The molecule has 2 aromatic rings. The van der Waals surface area contributed by atoms with Crippen LogP contribution in [0.5, 0.6) is 5.75 Å². The zero-order valence-corrected chi connectivity index (χ0v) is 16.4. The van der Waals surface area contributed by atoms with Crippen LogP contribution in [0.25, 0.3) is 0 Å². The van der Waals surface area contributed by atoms with Crippen molar-refractivity contribution in [3.63, 3.8) is 0 Å². The summed E-state index contributed by atoms with van der Waals surface area (Å²) in [5, 5.41) is 2.07. The second-order valence-electron chi connectivity index (χ2n) is 6.74. The molecule has 2 amide bonds. The Kier molecular flexibility index (Phi) is 6.29. The number of benzene rings is 2. The molecule has 0 radical (unpaired) electrons. The molecule has 0 aromatic heterocycles. The van der Waals surface area contributed by atoms with Crippen molar-refractivity contribution in [1.29, 1.82) is 0 Å². The van der Waals surface area contributed by atoms with Gasteiger partial charge in [-0.05, 0) is 31.2 Å². The average Bonchev–Trinajstić information content (AvgIpc) is 3.12. The Labute approximate surface area is 171 Å². The van der Waals surface area contributed by atoms with Crippen molar-refractivity contribution in [1.82, 2.24) is 0 Å². The van der Waals surface area contributed by atoms with Crippen molar-refractivity contribution in [2.45, 2.75) is 19.4 Å². The van der Waals surface area contributed by atoms with Crippen molar-refractivity contribution >= 4 is 29.2 Å². The molecule has 9 heteroatoms. The number of hydrogen-bond donors (Lipinski definition) is 1. The number of halogens is 2. The lowest BCUT2D eigenvalue weighted by molar-refractivity contribution is -0.157. The quantitative estimate of drug-likeness (QED) is 0.730. The Bertz CT molecular complexity index is 961. The zero-order chi connectivity index (χ0) is 21.8. The first-order valence-corrected chi connectivity index (χ1v) is 9.20. The number of anilines is 2. The second-order valence-corrected chi connectivity index (χ2v) is 6.74. The summed E-state index contributed by atoms with van der Waals surface area (Å²) in [6, 6.07) is 10.0. The standard InChI is InChI=1S/C21H20F2N2O5/c1-12(20(27)24-19-14(22)6-5-7-15(19)23)30-21(28)13-10-18(26)25(11-13)16-8-3-4-9-17(16)29-2/h3-9,12-13H,10-11H2,1-2H3,(H,24,27)/t12-,13+/m0/s1. The number of nitrogens with zero attached hydrogens (tertiary/aromatic N) is 1. The van der Waals surface area contributed by atoms with Gasteiger partial charge >= 0.3 is 5.97 Å². The van der Waals surface area contributed by atoms with E-state index in [1.807, 2.05) is 0 Å². The van der Waals surface area contributed by atoms with Crippen molar-refractivity contribution in [2.75, 3.05) is 23.9 Å². The van der Waals surface area contributed by atoms with Crippen LogP contribution in [0.3, 0.4) is 0 Å². The van der Waals surface area contributed by atoms with Crippen LogP contribution in [0.1, 0.15) is 13.3 Å². The summed E-state index contributed by atoms with van der Waals surface area (Å²) in [7, 11) is 1.48. The normalized spacial score (nSPS) is 16.9. The van der Waals surface area contributed by atoms with Gasteiger partial charge in [0.25, 0.3) is 5.91 Å². The fourth-order valence-electron chi connectivity index (χ4n) is 3.12. The number of ether oxygens (including phenoxy) is 2. The first kappa shape index (κ1) is 21.2. The minimum Gasteiger partial charge on any atom is -0.495 e. The molecule has 1 saturated heterocycles. The topological polar surface area (TPSA) is 84.9 Å². The van der Waals surface area contributed by atoms with Gasteiger partial charge in [-0.3, -0.25) is 14.4 Å². The van der Waals surface area contributed by atoms with E-state index in [9.17, 15) is 23.2 Å². The molecular weight excluding hydrogens is 398 g/mol. The third-order valence-corrected chi connectivity index (χ3v) is 4.71. The van der Waals surface area contributed by atoms with Gasteiger partial charge in [-0.2, -0.15) is 0 Å². The molecule has 30 heavy (non-hydrogen) atoms. The first-order valence-electron chi connectivity index (χ1n) is 9.20. The molecule has 158 valence electrons. The number of rotatable bonds is 6. The van der Waals surface area contributed by atoms with E-state index in [2.05, 4.69) is 5.32 Å². The van der Waals surface area contributed by atoms with Gasteiger partial charge in [-0.1, -0.05) is 18.2 Å². The van der Waals surface area contributed by atoms with Crippen LogP contribution in [-0.2, 0) is 19.1 Å². The van der Waals surface area contributed by atoms with Crippen LogP contribution in [0, 0.1) is 17.6 Å². The fraction of sp³-hybridized carbons (Fsp3) is 0.286. The Morgan fingerprint density at radius 3 is 2.47 bits per heavy atom. The van der Waals surface area contributed by atoms with E-state index in [1.165, 1.54) is 18.9 Å². The van der Waals surface area contributed by atoms with Gasteiger partial charge in [0.1, 0.15) is 23.1 Å². The van der Waals surface area contributed by atoms with Gasteiger partial charge in [0.15, 0.2) is 6.10 Å². The smallest absolute Gasteiger partial charge is 0.312 e. The van der Waals surface area contributed by atoms with Crippen molar-refractivity contribution < 1.29 is 32.6 Å². The number of nitrogens with one attached hydrogen (secondary N) is 1. The highest BCUT2D eigenvalue weighted by atomic mass is 19.1. The highest BCUT2D eigenvalue weighted by Crippen LogP contribution is 2.33. The number of para-hydroxylation sites is 3. The van der Waals surface area contributed by atoms with Crippen LogP contribution in [0.15, 0.2) is 42.5 Å². The summed E-state index contributed by atoms with van der Waals surface area (Å²) in [4.78, 5) is 38.5. The van der Waals surface area contributed by atoms with Crippen molar-refractivity contribution in [2.24, 2.45) is 5.92 Å². The molecule has 7 nitrogen and oxygen atoms in total. The Balaban J connectivity index is 1.63. The number of methoxy groups -OCH3 is 1. The minimum absolute atomic E-state index is 0.0638. The van der Waals surface area contributed by atoms with E-state index in [0.29, 0.717) is 11.4 Å². The highest BCUT2D eigenvalue weighted by Gasteiger charge is 2.38. The summed E-state index contributed by atoms with van der Waals surface area (Å²) in [5.74, 6) is -4.13. The Morgan fingerprint density at radius 1 is 1.13 bits per heavy atom. The molecule has 0 saturated carbocycles. The molecule has 0 aliphatic carbocycles. The van der Waals surface area contributed by atoms with E-state index in [0.717, 1.165) is 18.2 Å². The number of hydrogen-bond acceptors (Lipinski definition) is 5.